The first-order chi connectivity index (χ1) is 7.68. The second-order valence-electron chi connectivity index (χ2n) is 4.41. The number of carbonyl (C=O) groups is 1. The Kier molecular flexibility index (Phi) is 3.25. The third kappa shape index (κ3) is 2.25. The van der Waals surface area contributed by atoms with Crippen molar-refractivity contribution < 1.29 is 9.53 Å². The Balaban J connectivity index is 2.01. The summed E-state index contributed by atoms with van der Waals surface area (Å²) < 4.78 is 5.63. The minimum absolute atomic E-state index is 0.0314. The van der Waals surface area contributed by atoms with E-state index in [1.165, 1.54) is 0 Å². The maximum Gasteiger partial charge on any atom is 0.227 e. The van der Waals surface area contributed by atoms with Crippen molar-refractivity contribution in [3.63, 3.8) is 0 Å². The minimum atomic E-state index is 0.0314. The number of carbonyl (C=O) groups excluding carboxylic acids is 1. The van der Waals surface area contributed by atoms with Gasteiger partial charge in [-0.3, -0.25) is 4.79 Å². The summed E-state index contributed by atoms with van der Waals surface area (Å²) in [7, 11) is 0. The molecule has 86 valence electrons. The summed E-state index contributed by atoms with van der Waals surface area (Å²) in [6.07, 6.45) is 0.0314. The highest BCUT2D eigenvalue weighted by molar-refractivity contribution is 5.78. The maximum absolute atomic E-state index is 11.8. The van der Waals surface area contributed by atoms with Crippen molar-refractivity contribution in [1.82, 2.24) is 4.90 Å². The molecule has 1 amide bonds. The Hall–Kier alpha value is -1.35. The summed E-state index contributed by atoms with van der Waals surface area (Å²) >= 11 is 0. The van der Waals surface area contributed by atoms with Gasteiger partial charge >= 0.3 is 0 Å². The molecule has 0 bridgehead atoms. The SMILES string of the molecule is CC(C)C(=O)N1COC(c2ccccc2)C1. The minimum Gasteiger partial charge on any atom is -0.351 e. The fourth-order valence-electron chi connectivity index (χ4n) is 1.87. The van der Waals surface area contributed by atoms with Gasteiger partial charge in [-0.05, 0) is 5.56 Å². The molecular weight excluding hydrogens is 202 g/mol. The summed E-state index contributed by atoms with van der Waals surface area (Å²) in [5.74, 6) is 0.205. The predicted octanol–water partition coefficient (Wildman–Crippen LogP) is 2.20. The molecule has 1 aromatic rings. The third-order valence-electron chi connectivity index (χ3n) is 2.79. The molecule has 1 fully saturated rings. The number of benzene rings is 1. The van der Waals surface area contributed by atoms with E-state index in [1.807, 2.05) is 44.2 Å². The number of rotatable bonds is 2. The number of ether oxygens (including phenoxy) is 1. The van der Waals surface area contributed by atoms with Gasteiger partial charge in [0.25, 0.3) is 0 Å². The molecule has 1 atom stereocenters. The molecule has 2 rings (SSSR count). The van der Waals surface area contributed by atoms with E-state index in [9.17, 15) is 4.79 Å². The smallest absolute Gasteiger partial charge is 0.227 e. The van der Waals surface area contributed by atoms with Gasteiger partial charge in [0.2, 0.25) is 5.91 Å². The number of hydrogen-bond acceptors (Lipinski definition) is 2. The monoisotopic (exact) mass is 219 g/mol. The molecule has 16 heavy (non-hydrogen) atoms. The molecule has 3 nitrogen and oxygen atoms in total. The van der Waals surface area contributed by atoms with Gasteiger partial charge in [0.15, 0.2) is 0 Å². The second kappa shape index (κ2) is 4.66. The summed E-state index contributed by atoms with van der Waals surface area (Å²) in [5.41, 5.74) is 1.14. The van der Waals surface area contributed by atoms with Crippen LogP contribution in [0, 0.1) is 5.92 Å². The summed E-state index contributed by atoms with van der Waals surface area (Å²) in [5, 5.41) is 0. The van der Waals surface area contributed by atoms with Crippen LogP contribution in [0.1, 0.15) is 25.5 Å². The van der Waals surface area contributed by atoms with E-state index in [-0.39, 0.29) is 17.9 Å². The van der Waals surface area contributed by atoms with Crippen LogP contribution in [0.15, 0.2) is 30.3 Å². The van der Waals surface area contributed by atoms with Gasteiger partial charge in [-0.2, -0.15) is 0 Å². The van der Waals surface area contributed by atoms with E-state index in [0.29, 0.717) is 13.3 Å². The van der Waals surface area contributed by atoms with Crippen LogP contribution in [-0.4, -0.2) is 24.1 Å². The quantitative estimate of drug-likeness (QED) is 0.763. The Labute approximate surface area is 96.0 Å². The Morgan fingerprint density at radius 3 is 2.69 bits per heavy atom. The van der Waals surface area contributed by atoms with Crippen LogP contribution in [-0.2, 0) is 9.53 Å². The molecule has 0 radical (unpaired) electrons. The van der Waals surface area contributed by atoms with Crippen molar-refractivity contribution in [3.8, 4) is 0 Å². The van der Waals surface area contributed by atoms with Crippen LogP contribution in [0.5, 0.6) is 0 Å². The van der Waals surface area contributed by atoms with Crippen molar-refractivity contribution in [1.29, 1.82) is 0 Å². The molecule has 0 N–H and O–H groups in total. The van der Waals surface area contributed by atoms with Crippen LogP contribution in [0.2, 0.25) is 0 Å². The molecule has 1 heterocycles. The molecule has 1 unspecified atom stereocenters. The van der Waals surface area contributed by atoms with Crippen LogP contribution in [0.25, 0.3) is 0 Å². The molecule has 1 aliphatic heterocycles. The largest absolute Gasteiger partial charge is 0.351 e. The van der Waals surface area contributed by atoms with Crippen LogP contribution in [0.3, 0.4) is 0 Å². The van der Waals surface area contributed by atoms with Gasteiger partial charge in [-0.15, -0.1) is 0 Å². The molecular formula is C13H17NO2. The molecule has 0 aromatic heterocycles. The van der Waals surface area contributed by atoms with Crippen LogP contribution < -0.4 is 0 Å². The normalized spacial score (nSPS) is 20.4. The lowest BCUT2D eigenvalue weighted by molar-refractivity contribution is -0.134. The van der Waals surface area contributed by atoms with E-state index < -0.39 is 0 Å². The molecule has 1 aromatic carbocycles. The van der Waals surface area contributed by atoms with Gasteiger partial charge in [0, 0.05) is 5.92 Å². The van der Waals surface area contributed by atoms with Crippen molar-refractivity contribution in [2.24, 2.45) is 5.92 Å². The van der Waals surface area contributed by atoms with E-state index in [1.54, 1.807) is 4.90 Å². The molecule has 3 heteroatoms. The van der Waals surface area contributed by atoms with Crippen molar-refractivity contribution in [2.75, 3.05) is 13.3 Å². The lowest BCUT2D eigenvalue weighted by Crippen LogP contribution is -2.32. The first-order valence-corrected chi connectivity index (χ1v) is 5.64. The Morgan fingerprint density at radius 1 is 1.38 bits per heavy atom. The second-order valence-corrected chi connectivity index (χ2v) is 4.41. The summed E-state index contributed by atoms with van der Waals surface area (Å²) in [6, 6.07) is 10.0. The zero-order valence-electron chi connectivity index (χ0n) is 9.72. The summed E-state index contributed by atoms with van der Waals surface area (Å²) in [6.45, 7) is 4.91. The van der Waals surface area contributed by atoms with Gasteiger partial charge < -0.3 is 9.64 Å². The van der Waals surface area contributed by atoms with Crippen LogP contribution in [0.4, 0.5) is 0 Å². The Bertz CT molecular complexity index is 361. The van der Waals surface area contributed by atoms with E-state index in [2.05, 4.69) is 0 Å². The fraction of sp³-hybridized carbons (Fsp3) is 0.462. The van der Waals surface area contributed by atoms with Crippen molar-refractivity contribution in [3.05, 3.63) is 35.9 Å². The molecule has 1 saturated heterocycles. The fourth-order valence-corrected chi connectivity index (χ4v) is 1.87. The van der Waals surface area contributed by atoms with Gasteiger partial charge in [0.1, 0.15) is 12.8 Å². The average Bonchev–Trinajstić information content (AvgIpc) is 2.78. The highest BCUT2D eigenvalue weighted by Gasteiger charge is 2.28. The molecule has 0 saturated carbocycles. The van der Waals surface area contributed by atoms with Crippen LogP contribution >= 0.6 is 0 Å². The van der Waals surface area contributed by atoms with Crippen molar-refractivity contribution >= 4 is 5.91 Å². The van der Waals surface area contributed by atoms with E-state index in [0.717, 1.165) is 5.56 Å². The van der Waals surface area contributed by atoms with Crippen molar-refractivity contribution in [2.45, 2.75) is 20.0 Å². The van der Waals surface area contributed by atoms with Gasteiger partial charge in [-0.1, -0.05) is 44.2 Å². The number of nitrogens with zero attached hydrogens (tertiary/aromatic N) is 1. The topological polar surface area (TPSA) is 29.5 Å². The first-order valence-electron chi connectivity index (χ1n) is 5.64. The number of hydrogen-bond donors (Lipinski definition) is 0. The zero-order chi connectivity index (χ0) is 11.5. The summed E-state index contributed by atoms with van der Waals surface area (Å²) in [4.78, 5) is 13.5. The van der Waals surface area contributed by atoms with Gasteiger partial charge in [0.05, 0.1) is 6.54 Å². The molecule has 0 aliphatic carbocycles. The van der Waals surface area contributed by atoms with Gasteiger partial charge in [-0.25, -0.2) is 0 Å². The van der Waals surface area contributed by atoms with E-state index >= 15 is 0 Å². The average molecular weight is 219 g/mol. The first kappa shape index (κ1) is 11.1. The third-order valence-corrected chi connectivity index (χ3v) is 2.79. The predicted molar refractivity (Wildman–Crippen MR) is 61.7 cm³/mol. The number of amides is 1. The standard InChI is InChI=1S/C13H17NO2/c1-10(2)13(15)14-8-12(16-9-14)11-6-4-3-5-7-11/h3-7,10,12H,8-9H2,1-2H3. The zero-order valence-corrected chi connectivity index (χ0v) is 9.72. The lowest BCUT2D eigenvalue weighted by atomic mass is 10.1. The lowest BCUT2D eigenvalue weighted by Gasteiger charge is -2.16. The van der Waals surface area contributed by atoms with E-state index in [4.69, 9.17) is 4.74 Å². The highest BCUT2D eigenvalue weighted by Crippen LogP contribution is 2.25. The Morgan fingerprint density at radius 2 is 2.06 bits per heavy atom. The molecule has 1 aliphatic rings. The molecule has 0 spiro atoms. The highest BCUT2D eigenvalue weighted by atomic mass is 16.5. The maximum atomic E-state index is 11.8.